The van der Waals surface area contributed by atoms with Crippen molar-refractivity contribution in [2.24, 2.45) is 0 Å². The van der Waals surface area contributed by atoms with Gasteiger partial charge in [-0.15, -0.1) is 11.3 Å². The molecule has 0 spiro atoms. The minimum absolute atomic E-state index is 0.131. The Morgan fingerprint density at radius 1 is 1.53 bits per heavy atom. The number of aryl methyl sites for hydroxylation is 1. The van der Waals surface area contributed by atoms with Gasteiger partial charge in [-0.2, -0.15) is 0 Å². The lowest BCUT2D eigenvalue weighted by atomic mass is 9.80. The highest BCUT2D eigenvalue weighted by molar-refractivity contribution is 7.91. The zero-order valence-corrected chi connectivity index (χ0v) is 12.7. The van der Waals surface area contributed by atoms with Gasteiger partial charge in [-0.05, 0) is 37.8 Å². The second-order valence-corrected chi connectivity index (χ2v) is 8.03. The van der Waals surface area contributed by atoms with Crippen LogP contribution in [0, 0.1) is 6.92 Å². The molecule has 2 rings (SSSR count). The summed E-state index contributed by atoms with van der Waals surface area (Å²) in [5.41, 5.74) is 0.470. The molecule has 0 unspecified atom stereocenters. The first-order valence-electron chi connectivity index (χ1n) is 6.17. The van der Waals surface area contributed by atoms with Crippen molar-refractivity contribution < 1.29 is 18.3 Å². The van der Waals surface area contributed by atoms with E-state index in [4.69, 9.17) is 9.84 Å². The lowest BCUT2D eigenvalue weighted by Gasteiger charge is -2.40. The number of nitrogens with one attached hydrogen (secondary N) is 1. The third-order valence-corrected chi connectivity index (χ3v) is 6.79. The van der Waals surface area contributed by atoms with Crippen molar-refractivity contribution in [3.05, 3.63) is 16.5 Å². The predicted octanol–water partition coefficient (Wildman–Crippen LogP) is 1.40. The standard InChI is InChI=1S/C12H19NO4S2/c1-9-6-11(18-10(9)7-14)19(15,16)13-8-12(17-2)4-3-5-12/h6,13-14H,3-5,7-8H2,1-2H3. The fourth-order valence-corrected chi connectivity index (χ4v) is 4.71. The Balaban J connectivity index is 2.09. The molecule has 0 aliphatic heterocycles. The molecule has 5 nitrogen and oxygen atoms in total. The SMILES string of the molecule is COC1(CNS(=O)(=O)c2cc(C)c(CO)s2)CCC1. The van der Waals surface area contributed by atoms with Crippen molar-refractivity contribution >= 4 is 21.4 Å². The molecule has 0 saturated heterocycles. The van der Waals surface area contributed by atoms with Gasteiger partial charge < -0.3 is 9.84 Å². The molecule has 1 saturated carbocycles. The van der Waals surface area contributed by atoms with Crippen LogP contribution in [0.25, 0.3) is 0 Å². The highest BCUT2D eigenvalue weighted by Crippen LogP contribution is 2.35. The summed E-state index contributed by atoms with van der Waals surface area (Å²) < 4.78 is 32.6. The zero-order valence-electron chi connectivity index (χ0n) is 11.1. The molecule has 0 aromatic carbocycles. The monoisotopic (exact) mass is 305 g/mol. The van der Waals surface area contributed by atoms with Crippen LogP contribution in [0.1, 0.15) is 29.7 Å². The zero-order chi connectivity index (χ0) is 14.1. The van der Waals surface area contributed by atoms with E-state index in [0.717, 1.165) is 36.2 Å². The fourth-order valence-electron chi connectivity index (χ4n) is 2.10. The molecule has 0 radical (unpaired) electrons. The summed E-state index contributed by atoms with van der Waals surface area (Å²) in [5, 5.41) is 9.12. The molecule has 0 bridgehead atoms. The van der Waals surface area contributed by atoms with Gasteiger partial charge in [0.05, 0.1) is 12.2 Å². The predicted molar refractivity (Wildman–Crippen MR) is 73.8 cm³/mol. The van der Waals surface area contributed by atoms with E-state index in [2.05, 4.69) is 4.72 Å². The first-order valence-corrected chi connectivity index (χ1v) is 8.47. The summed E-state index contributed by atoms with van der Waals surface area (Å²) in [6, 6.07) is 1.60. The molecule has 19 heavy (non-hydrogen) atoms. The number of methoxy groups -OCH3 is 1. The molecular formula is C12H19NO4S2. The lowest BCUT2D eigenvalue weighted by molar-refractivity contribution is -0.0659. The molecule has 1 heterocycles. The molecule has 7 heteroatoms. The van der Waals surface area contributed by atoms with Crippen LogP contribution in [0.2, 0.25) is 0 Å². The molecular weight excluding hydrogens is 286 g/mol. The maximum Gasteiger partial charge on any atom is 0.250 e. The molecule has 1 aliphatic rings. The van der Waals surface area contributed by atoms with E-state index in [1.165, 1.54) is 0 Å². The van der Waals surface area contributed by atoms with E-state index in [0.29, 0.717) is 11.4 Å². The lowest BCUT2D eigenvalue weighted by Crippen LogP contribution is -2.49. The Labute approximate surface area is 117 Å². The normalized spacial score (nSPS) is 18.3. The molecule has 1 aromatic rings. The first kappa shape index (κ1) is 14.9. The summed E-state index contributed by atoms with van der Waals surface area (Å²) in [6.07, 6.45) is 2.84. The number of aliphatic hydroxyl groups is 1. The average molecular weight is 305 g/mol. The first-order chi connectivity index (χ1) is 8.92. The molecule has 1 fully saturated rings. The van der Waals surface area contributed by atoms with E-state index in [-0.39, 0.29) is 16.4 Å². The van der Waals surface area contributed by atoms with Crippen LogP contribution < -0.4 is 4.72 Å². The van der Waals surface area contributed by atoms with Gasteiger partial charge in [0.15, 0.2) is 0 Å². The quantitative estimate of drug-likeness (QED) is 0.833. The fraction of sp³-hybridized carbons (Fsp3) is 0.667. The molecule has 0 amide bonds. The third-order valence-electron chi connectivity index (χ3n) is 3.69. The second kappa shape index (κ2) is 5.49. The Kier molecular flexibility index (Phi) is 4.32. The van der Waals surface area contributed by atoms with E-state index in [9.17, 15) is 8.42 Å². The van der Waals surface area contributed by atoms with Gasteiger partial charge in [-0.1, -0.05) is 0 Å². The maximum atomic E-state index is 12.2. The van der Waals surface area contributed by atoms with Crippen LogP contribution in [0.5, 0.6) is 0 Å². The number of hydrogen-bond acceptors (Lipinski definition) is 5. The van der Waals surface area contributed by atoms with Crippen LogP contribution >= 0.6 is 11.3 Å². The Hall–Kier alpha value is -0.470. The molecule has 1 aromatic heterocycles. The van der Waals surface area contributed by atoms with Crippen LogP contribution in [0.3, 0.4) is 0 Å². The maximum absolute atomic E-state index is 12.2. The Bertz CT molecular complexity index is 541. The van der Waals surface area contributed by atoms with Crippen molar-refractivity contribution in [2.45, 2.75) is 42.6 Å². The van der Waals surface area contributed by atoms with Gasteiger partial charge in [0.1, 0.15) is 4.21 Å². The van der Waals surface area contributed by atoms with Crippen molar-refractivity contribution in [3.63, 3.8) is 0 Å². The molecule has 1 aliphatic carbocycles. The van der Waals surface area contributed by atoms with Gasteiger partial charge in [0.2, 0.25) is 10.0 Å². The van der Waals surface area contributed by atoms with Crippen LogP contribution in [-0.4, -0.2) is 32.8 Å². The second-order valence-electron chi connectivity index (χ2n) is 4.89. The summed E-state index contributed by atoms with van der Waals surface area (Å²) >= 11 is 1.11. The van der Waals surface area contributed by atoms with Gasteiger partial charge in [0, 0.05) is 18.5 Å². The van der Waals surface area contributed by atoms with Gasteiger partial charge >= 0.3 is 0 Å². The Morgan fingerprint density at radius 3 is 2.63 bits per heavy atom. The number of aliphatic hydroxyl groups excluding tert-OH is 1. The summed E-state index contributed by atoms with van der Waals surface area (Å²) in [7, 11) is -1.90. The van der Waals surface area contributed by atoms with Gasteiger partial charge in [-0.3, -0.25) is 0 Å². The van der Waals surface area contributed by atoms with Crippen molar-refractivity contribution in [1.29, 1.82) is 0 Å². The minimum Gasteiger partial charge on any atom is -0.391 e. The molecule has 0 atom stereocenters. The highest BCUT2D eigenvalue weighted by atomic mass is 32.2. The third kappa shape index (κ3) is 3.00. The largest absolute Gasteiger partial charge is 0.391 e. The average Bonchev–Trinajstić information content (AvgIpc) is 2.70. The van der Waals surface area contributed by atoms with Crippen LogP contribution in [0.15, 0.2) is 10.3 Å². The summed E-state index contributed by atoms with van der Waals surface area (Å²) in [4.78, 5) is 0.686. The van der Waals surface area contributed by atoms with Crippen LogP contribution in [0.4, 0.5) is 0 Å². The van der Waals surface area contributed by atoms with E-state index >= 15 is 0 Å². The summed E-state index contributed by atoms with van der Waals surface area (Å²) in [6.45, 7) is 1.97. The summed E-state index contributed by atoms with van der Waals surface area (Å²) in [5.74, 6) is 0. The van der Waals surface area contributed by atoms with Crippen molar-refractivity contribution in [3.8, 4) is 0 Å². The van der Waals surface area contributed by atoms with E-state index < -0.39 is 10.0 Å². The van der Waals surface area contributed by atoms with Crippen molar-refractivity contribution in [2.75, 3.05) is 13.7 Å². The van der Waals surface area contributed by atoms with Gasteiger partial charge in [-0.25, -0.2) is 13.1 Å². The highest BCUT2D eigenvalue weighted by Gasteiger charge is 2.38. The van der Waals surface area contributed by atoms with Gasteiger partial charge in [0.25, 0.3) is 0 Å². The minimum atomic E-state index is -3.51. The number of sulfonamides is 1. The van der Waals surface area contributed by atoms with E-state index in [1.807, 2.05) is 0 Å². The Morgan fingerprint density at radius 2 is 2.21 bits per heavy atom. The molecule has 2 N–H and O–H groups in total. The number of thiophene rings is 1. The smallest absolute Gasteiger partial charge is 0.250 e. The van der Waals surface area contributed by atoms with Crippen molar-refractivity contribution in [1.82, 2.24) is 4.72 Å². The van der Waals surface area contributed by atoms with Crippen LogP contribution in [-0.2, 0) is 21.4 Å². The number of hydrogen-bond donors (Lipinski definition) is 2. The molecule has 108 valence electrons. The van der Waals surface area contributed by atoms with E-state index in [1.54, 1.807) is 20.1 Å². The number of ether oxygens (including phenoxy) is 1. The topological polar surface area (TPSA) is 75.6 Å². The number of rotatable bonds is 6.